The largest absolute Gasteiger partial charge is 0.338 e. The Morgan fingerprint density at radius 1 is 1.20 bits per heavy atom. The second kappa shape index (κ2) is 8.98. The van der Waals surface area contributed by atoms with Crippen LogP contribution >= 0.6 is 11.6 Å². The van der Waals surface area contributed by atoms with Crippen molar-refractivity contribution in [3.63, 3.8) is 0 Å². The van der Waals surface area contributed by atoms with E-state index in [1.807, 2.05) is 0 Å². The highest BCUT2D eigenvalue weighted by atomic mass is 35.5. The minimum absolute atomic E-state index is 0.0966. The fourth-order valence-electron chi connectivity index (χ4n) is 1.43. The average Bonchev–Trinajstić information content (AvgIpc) is 2.44. The number of amides is 3. The maximum absolute atomic E-state index is 11.6. The summed E-state index contributed by atoms with van der Waals surface area (Å²) in [5.41, 5.74) is 0.705. The number of nitrogens with one attached hydrogen (secondary N) is 3. The van der Waals surface area contributed by atoms with Crippen LogP contribution in [0.5, 0.6) is 0 Å². The molecule has 0 saturated heterocycles. The molecule has 5 nitrogen and oxygen atoms in total. The maximum Gasteiger partial charge on any atom is 0.315 e. The third-order valence-electron chi connectivity index (χ3n) is 2.40. The second-order valence-corrected chi connectivity index (χ2v) is 4.52. The molecule has 0 aromatic heterocycles. The van der Waals surface area contributed by atoms with E-state index in [2.05, 4.69) is 22.5 Å². The Labute approximate surface area is 123 Å². The number of rotatable bonds is 7. The lowest BCUT2D eigenvalue weighted by Gasteiger charge is -2.07. The van der Waals surface area contributed by atoms with Crippen molar-refractivity contribution in [1.82, 2.24) is 10.6 Å². The molecule has 1 aromatic rings. The van der Waals surface area contributed by atoms with Crippen LogP contribution in [0.2, 0.25) is 5.02 Å². The molecule has 3 amide bonds. The van der Waals surface area contributed by atoms with Gasteiger partial charge in [-0.1, -0.05) is 17.7 Å². The third-order valence-corrected chi connectivity index (χ3v) is 2.65. The predicted molar refractivity (Wildman–Crippen MR) is 80.9 cm³/mol. The summed E-state index contributed by atoms with van der Waals surface area (Å²) in [5, 5.41) is 8.61. The number of urea groups is 1. The summed E-state index contributed by atoms with van der Waals surface area (Å²) in [6.07, 6.45) is 2.50. The molecular formula is C14H18ClN3O2. The van der Waals surface area contributed by atoms with E-state index in [0.717, 1.165) is 0 Å². The summed E-state index contributed by atoms with van der Waals surface area (Å²) >= 11 is 5.75. The molecule has 6 heteroatoms. The van der Waals surface area contributed by atoms with Gasteiger partial charge in [0.15, 0.2) is 0 Å². The van der Waals surface area contributed by atoms with Gasteiger partial charge in [0.25, 0.3) is 0 Å². The van der Waals surface area contributed by atoms with Gasteiger partial charge in [-0.3, -0.25) is 4.79 Å². The van der Waals surface area contributed by atoms with Crippen LogP contribution in [0.15, 0.2) is 36.9 Å². The molecule has 0 unspecified atom stereocenters. The number of benzene rings is 1. The van der Waals surface area contributed by atoms with Gasteiger partial charge in [-0.05, 0) is 30.7 Å². The summed E-state index contributed by atoms with van der Waals surface area (Å²) < 4.78 is 0. The van der Waals surface area contributed by atoms with Crippen LogP contribution in [0.25, 0.3) is 0 Å². The highest BCUT2D eigenvalue weighted by molar-refractivity contribution is 6.30. The van der Waals surface area contributed by atoms with Gasteiger partial charge < -0.3 is 16.0 Å². The quantitative estimate of drug-likeness (QED) is 0.534. The lowest BCUT2D eigenvalue weighted by molar-refractivity contribution is -0.116. The van der Waals surface area contributed by atoms with Gasteiger partial charge in [-0.25, -0.2) is 4.79 Å². The van der Waals surface area contributed by atoms with Crippen LogP contribution in [0, 0.1) is 0 Å². The molecule has 3 N–H and O–H groups in total. The molecule has 1 rings (SSSR count). The van der Waals surface area contributed by atoms with Crippen LogP contribution in [-0.4, -0.2) is 25.0 Å². The van der Waals surface area contributed by atoms with E-state index in [1.165, 1.54) is 0 Å². The molecule has 20 heavy (non-hydrogen) atoms. The first-order chi connectivity index (χ1) is 9.61. The zero-order valence-corrected chi connectivity index (χ0v) is 11.9. The summed E-state index contributed by atoms with van der Waals surface area (Å²) in [6.45, 7) is 4.35. The summed E-state index contributed by atoms with van der Waals surface area (Å²) in [5.74, 6) is -0.0966. The van der Waals surface area contributed by atoms with Gasteiger partial charge in [0.05, 0.1) is 0 Å². The summed E-state index contributed by atoms with van der Waals surface area (Å²) in [6, 6.07) is 6.64. The topological polar surface area (TPSA) is 70.2 Å². The van der Waals surface area contributed by atoms with Crippen molar-refractivity contribution < 1.29 is 9.59 Å². The lowest BCUT2D eigenvalue weighted by atomic mass is 10.2. The molecule has 0 spiro atoms. The number of carbonyl (C=O) groups is 2. The Morgan fingerprint density at radius 2 is 1.90 bits per heavy atom. The van der Waals surface area contributed by atoms with Crippen molar-refractivity contribution in [3.05, 3.63) is 41.9 Å². The zero-order valence-electron chi connectivity index (χ0n) is 11.1. The molecule has 0 aliphatic heterocycles. The van der Waals surface area contributed by atoms with Crippen molar-refractivity contribution >= 4 is 29.2 Å². The number of hydrogen-bond acceptors (Lipinski definition) is 2. The standard InChI is InChI=1S/C14H18ClN3O2/c1-2-9-16-14(20)17-10-3-4-13(19)18-12-7-5-11(15)6-8-12/h2,5-8H,1,3-4,9-10H2,(H,18,19)(H2,16,17,20). The summed E-state index contributed by atoms with van der Waals surface area (Å²) in [4.78, 5) is 22.8. The number of anilines is 1. The van der Waals surface area contributed by atoms with E-state index >= 15 is 0 Å². The fourth-order valence-corrected chi connectivity index (χ4v) is 1.56. The highest BCUT2D eigenvalue weighted by Crippen LogP contribution is 2.13. The predicted octanol–water partition coefficient (Wildman–Crippen LogP) is 2.54. The van der Waals surface area contributed by atoms with Crippen LogP contribution in [0.3, 0.4) is 0 Å². The molecule has 0 fully saturated rings. The van der Waals surface area contributed by atoms with Gasteiger partial charge in [0.2, 0.25) is 5.91 Å². The Kier molecular flexibility index (Phi) is 7.21. The van der Waals surface area contributed by atoms with Gasteiger partial charge >= 0.3 is 6.03 Å². The molecule has 0 atom stereocenters. The van der Waals surface area contributed by atoms with Crippen LogP contribution in [0.1, 0.15) is 12.8 Å². The van der Waals surface area contributed by atoms with Crippen molar-refractivity contribution in [3.8, 4) is 0 Å². The van der Waals surface area contributed by atoms with Gasteiger partial charge in [-0.15, -0.1) is 6.58 Å². The Morgan fingerprint density at radius 3 is 2.55 bits per heavy atom. The molecule has 0 aliphatic carbocycles. The monoisotopic (exact) mass is 295 g/mol. The third kappa shape index (κ3) is 6.80. The smallest absolute Gasteiger partial charge is 0.315 e. The van der Waals surface area contributed by atoms with E-state index < -0.39 is 0 Å². The first-order valence-corrected chi connectivity index (χ1v) is 6.67. The number of carbonyl (C=O) groups excluding carboxylic acids is 2. The van der Waals surface area contributed by atoms with Crippen LogP contribution in [-0.2, 0) is 4.79 Å². The van der Waals surface area contributed by atoms with E-state index in [1.54, 1.807) is 30.3 Å². The summed E-state index contributed by atoms with van der Waals surface area (Å²) in [7, 11) is 0. The SMILES string of the molecule is C=CCNC(=O)NCCCC(=O)Nc1ccc(Cl)cc1. The second-order valence-electron chi connectivity index (χ2n) is 4.08. The molecule has 0 bridgehead atoms. The van der Waals surface area contributed by atoms with E-state index in [4.69, 9.17) is 11.6 Å². The van der Waals surface area contributed by atoms with Crippen LogP contribution < -0.4 is 16.0 Å². The Bertz CT molecular complexity index is 460. The first kappa shape index (κ1) is 16.0. The molecule has 1 aromatic carbocycles. The van der Waals surface area contributed by atoms with Crippen molar-refractivity contribution in [2.24, 2.45) is 0 Å². The zero-order chi connectivity index (χ0) is 14.8. The normalized spacial score (nSPS) is 9.65. The molecule has 0 saturated carbocycles. The van der Waals surface area contributed by atoms with Crippen molar-refractivity contribution in [2.75, 3.05) is 18.4 Å². The maximum atomic E-state index is 11.6. The first-order valence-electron chi connectivity index (χ1n) is 6.30. The number of halogens is 1. The van der Waals surface area contributed by atoms with Crippen molar-refractivity contribution in [1.29, 1.82) is 0 Å². The highest BCUT2D eigenvalue weighted by Gasteiger charge is 2.03. The van der Waals surface area contributed by atoms with Gasteiger partial charge in [0, 0.05) is 30.2 Å². The molecular weight excluding hydrogens is 278 g/mol. The fraction of sp³-hybridized carbons (Fsp3) is 0.286. The average molecular weight is 296 g/mol. The Balaban J connectivity index is 2.15. The van der Waals surface area contributed by atoms with Gasteiger partial charge in [-0.2, -0.15) is 0 Å². The molecule has 0 heterocycles. The molecule has 0 aliphatic rings. The minimum Gasteiger partial charge on any atom is -0.338 e. The Hall–Kier alpha value is -2.01. The van der Waals surface area contributed by atoms with E-state index in [0.29, 0.717) is 36.6 Å². The van der Waals surface area contributed by atoms with Crippen molar-refractivity contribution in [2.45, 2.75) is 12.8 Å². The lowest BCUT2D eigenvalue weighted by Crippen LogP contribution is -2.36. The molecule has 108 valence electrons. The van der Waals surface area contributed by atoms with Gasteiger partial charge in [0.1, 0.15) is 0 Å². The van der Waals surface area contributed by atoms with E-state index in [9.17, 15) is 9.59 Å². The minimum atomic E-state index is -0.261. The van der Waals surface area contributed by atoms with E-state index in [-0.39, 0.29) is 11.9 Å². The molecule has 0 radical (unpaired) electrons. The number of hydrogen-bond donors (Lipinski definition) is 3. The van der Waals surface area contributed by atoms with Crippen LogP contribution in [0.4, 0.5) is 10.5 Å².